The van der Waals surface area contributed by atoms with Gasteiger partial charge in [-0.05, 0) is 41.5 Å². The van der Waals surface area contributed by atoms with Gasteiger partial charge < -0.3 is 15.2 Å². The molecule has 1 amide bonds. The molecule has 1 aromatic carbocycles. The van der Waals surface area contributed by atoms with E-state index in [4.69, 9.17) is 9.84 Å². The van der Waals surface area contributed by atoms with Crippen LogP contribution in [-0.4, -0.2) is 41.6 Å². The van der Waals surface area contributed by atoms with Gasteiger partial charge in [-0.2, -0.15) is 11.8 Å². The fraction of sp³-hybridized carbons (Fsp3) is 0.529. The maximum atomic E-state index is 11.8. The number of amides is 1. The summed E-state index contributed by atoms with van der Waals surface area (Å²) in [6, 6.07) is 6.69. The van der Waals surface area contributed by atoms with Gasteiger partial charge in [0, 0.05) is 0 Å². The third kappa shape index (κ3) is 6.95. The van der Waals surface area contributed by atoms with Crippen molar-refractivity contribution in [3.8, 4) is 5.75 Å². The minimum Gasteiger partial charge on any atom is -0.484 e. The Morgan fingerprint density at radius 3 is 2.35 bits per heavy atom. The number of ether oxygens (including phenoxy) is 1. The number of thioether (sulfide) groups is 1. The fourth-order valence-corrected chi connectivity index (χ4v) is 2.40. The highest BCUT2D eigenvalue weighted by atomic mass is 32.2. The Morgan fingerprint density at radius 2 is 1.87 bits per heavy atom. The fourth-order valence-electron chi connectivity index (χ4n) is 1.93. The van der Waals surface area contributed by atoms with E-state index in [1.165, 1.54) is 5.56 Å². The van der Waals surface area contributed by atoms with Crippen LogP contribution < -0.4 is 10.1 Å². The summed E-state index contributed by atoms with van der Waals surface area (Å²) >= 11 is 1.54. The van der Waals surface area contributed by atoms with Crippen LogP contribution in [0.25, 0.3) is 0 Å². The number of carbonyl (C=O) groups excluding carboxylic acids is 1. The molecule has 1 rings (SSSR count). The third-order valence-electron chi connectivity index (χ3n) is 3.33. The summed E-state index contributed by atoms with van der Waals surface area (Å²) in [5.41, 5.74) is 1.24. The predicted octanol–water partition coefficient (Wildman–Crippen LogP) is 2.69. The van der Waals surface area contributed by atoms with E-state index in [2.05, 4.69) is 26.1 Å². The summed E-state index contributed by atoms with van der Waals surface area (Å²) in [4.78, 5) is 22.9. The van der Waals surface area contributed by atoms with E-state index in [0.29, 0.717) is 17.9 Å². The molecule has 0 heterocycles. The average Bonchev–Trinajstić information content (AvgIpc) is 2.48. The molecule has 0 aliphatic rings. The molecule has 0 saturated heterocycles. The lowest BCUT2D eigenvalue weighted by atomic mass is 9.87. The first kappa shape index (κ1) is 19.4. The average molecular weight is 339 g/mol. The third-order valence-corrected chi connectivity index (χ3v) is 3.98. The van der Waals surface area contributed by atoms with E-state index in [0.717, 1.165) is 0 Å². The molecule has 0 spiro atoms. The first-order valence-electron chi connectivity index (χ1n) is 7.48. The smallest absolute Gasteiger partial charge is 0.326 e. The Balaban J connectivity index is 2.50. The van der Waals surface area contributed by atoms with Crippen molar-refractivity contribution in [1.82, 2.24) is 5.32 Å². The second kappa shape index (κ2) is 8.82. The van der Waals surface area contributed by atoms with E-state index in [1.807, 2.05) is 30.5 Å². The van der Waals surface area contributed by atoms with Crippen molar-refractivity contribution in [2.45, 2.75) is 38.6 Å². The zero-order chi connectivity index (χ0) is 17.5. The number of aliphatic carboxylic acids is 1. The maximum absolute atomic E-state index is 11.8. The first-order chi connectivity index (χ1) is 10.7. The van der Waals surface area contributed by atoms with Gasteiger partial charge in [-0.3, -0.25) is 4.79 Å². The highest BCUT2D eigenvalue weighted by Gasteiger charge is 2.19. The van der Waals surface area contributed by atoms with Crippen molar-refractivity contribution >= 4 is 23.6 Å². The summed E-state index contributed by atoms with van der Waals surface area (Å²) in [7, 11) is 0. The molecule has 128 valence electrons. The van der Waals surface area contributed by atoms with Gasteiger partial charge in [0.05, 0.1) is 0 Å². The van der Waals surface area contributed by atoms with Crippen LogP contribution in [0.2, 0.25) is 0 Å². The van der Waals surface area contributed by atoms with Crippen molar-refractivity contribution in [1.29, 1.82) is 0 Å². The maximum Gasteiger partial charge on any atom is 0.326 e. The molecule has 0 bridgehead atoms. The SMILES string of the molecule is CSCC[C@H](NC(=O)COc1ccc(C(C)(C)C)cc1)C(=O)O. The van der Waals surface area contributed by atoms with Crippen LogP contribution in [0.5, 0.6) is 5.75 Å². The van der Waals surface area contributed by atoms with Crippen molar-refractivity contribution in [3.63, 3.8) is 0 Å². The normalized spacial score (nSPS) is 12.5. The zero-order valence-electron chi connectivity index (χ0n) is 14.1. The molecule has 0 aliphatic carbocycles. The van der Waals surface area contributed by atoms with Crippen molar-refractivity contribution in [2.75, 3.05) is 18.6 Å². The first-order valence-corrected chi connectivity index (χ1v) is 8.88. The van der Waals surface area contributed by atoms with Crippen LogP contribution in [-0.2, 0) is 15.0 Å². The molecule has 23 heavy (non-hydrogen) atoms. The molecular formula is C17H25NO4S. The number of carbonyl (C=O) groups is 2. The molecule has 1 atom stereocenters. The molecule has 0 aromatic heterocycles. The second-order valence-electron chi connectivity index (χ2n) is 6.30. The van der Waals surface area contributed by atoms with Gasteiger partial charge in [0.1, 0.15) is 11.8 Å². The minimum atomic E-state index is -1.03. The van der Waals surface area contributed by atoms with Crippen molar-refractivity contribution in [2.24, 2.45) is 0 Å². The molecule has 0 aliphatic heterocycles. The van der Waals surface area contributed by atoms with Gasteiger partial charge in [0.15, 0.2) is 6.61 Å². The summed E-state index contributed by atoms with van der Waals surface area (Å²) in [6.07, 6.45) is 2.29. The Labute approximate surface area is 141 Å². The highest BCUT2D eigenvalue weighted by Crippen LogP contribution is 2.24. The molecule has 2 N–H and O–H groups in total. The molecule has 0 unspecified atom stereocenters. The van der Waals surface area contributed by atoms with Gasteiger partial charge in [-0.25, -0.2) is 4.79 Å². The number of hydrogen-bond acceptors (Lipinski definition) is 4. The Morgan fingerprint density at radius 1 is 1.26 bits per heavy atom. The molecule has 6 heteroatoms. The van der Waals surface area contributed by atoms with Crippen LogP contribution in [0.1, 0.15) is 32.8 Å². The highest BCUT2D eigenvalue weighted by molar-refractivity contribution is 7.98. The zero-order valence-corrected chi connectivity index (χ0v) is 14.9. The Hall–Kier alpha value is -1.69. The predicted molar refractivity (Wildman–Crippen MR) is 93.2 cm³/mol. The topological polar surface area (TPSA) is 75.6 Å². The molecule has 0 saturated carbocycles. The van der Waals surface area contributed by atoms with E-state index in [1.54, 1.807) is 11.8 Å². The summed E-state index contributed by atoms with van der Waals surface area (Å²) in [6.45, 7) is 6.17. The van der Waals surface area contributed by atoms with E-state index in [-0.39, 0.29) is 12.0 Å². The lowest BCUT2D eigenvalue weighted by Crippen LogP contribution is -2.43. The lowest BCUT2D eigenvalue weighted by Gasteiger charge is -2.19. The van der Waals surface area contributed by atoms with Crippen molar-refractivity contribution < 1.29 is 19.4 Å². The Kier molecular flexibility index (Phi) is 7.42. The van der Waals surface area contributed by atoms with Gasteiger partial charge >= 0.3 is 5.97 Å². The van der Waals surface area contributed by atoms with Crippen LogP contribution in [0.3, 0.4) is 0 Å². The molecular weight excluding hydrogens is 314 g/mol. The monoisotopic (exact) mass is 339 g/mol. The van der Waals surface area contributed by atoms with E-state index >= 15 is 0 Å². The second-order valence-corrected chi connectivity index (χ2v) is 7.29. The standard InChI is InChI=1S/C17H25NO4S/c1-17(2,3)12-5-7-13(8-6-12)22-11-15(19)18-14(16(20)21)9-10-23-4/h5-8,14H,9-11H2,1-4H3,(H,18,19)(H,20,21)/t14-/m0/s1. The molecule has 0 radical (unpaired) electrons. The van der Waals surface area contributed by atoms with Crippen molar-refractivity contribution in [3.05, 3.63) is 29.8 Å². The summed E-state index contributed by atoms with van der Waals surface area (Å²) in [5, 5.41) is 11.6. The van der Waals surface area contributed by atoms with E-state index < -0.39 is 17.9 Å². The number of carboxylic acid groups (broad SMARTS) is 1. The minimum absolute atomic E-state index is 0.0574. The summed E-state index contributed by atoms with van der Waals surface area (Å²) in [5.74, 6) is -0.198. The van der Waals surface area contributed by atoms with Crippen LogP contribution in [0, 0.1) is 0 Å². The number of nitrogens with one attached hydrogen (secondary N) is 1. The lowest BCUT2D eigenvalue weighted by molar-refractivity contribution is -0.142. The van der Waals surface area contributed by atoms with Crippen LogP contribution in [0.15, 0.2) is 24.3 Å². The van der Waals surface area contributed by atoms with Crippen LogP contribution in [0.4, 0.5) is 0 Å². The number of rotatable bonds is 8. The molecule has 5 nitrogen and oxygen atoms in total. The van der Waals surface area contributed by atoms with Gasteiger partial charge in [0.25, 0.3) is 5.91 Å². The summed E-state index contributed by atoms with van der Waals surface area (Å²) < 4.78 is 5.41. The van der Waals surface area contributed by atoms with Gasteiger partial charge in [0.2, 0.25) is 0 Å². The van der Waals surface area contributed by atoms with Gasteiger partial charge in [-0.1, -0.05) is 32.9 Å². The number of carboxylic acids is 1. The number of hydrogen-bond donors (Lipinski definition) is 2. The Bertz CT molecular complexity index is 522. The molecule has 0 fully saturated rings. The number of benzene rings is 1. The van der Waals surface area contributed by atoms with Crippen LogP contribution >= 0.6 is 11.8 Å². The molecule has 1 aromatic rings. The van der Waals surface area contributed by atoms with Gasteiger partial charge in [-0.15, -0.1) is 0 Å². The largest absolute Gasteiger partial charge is 0.484 e. The van der Waals surface area contributed by atoms with E-state index in [9.17, 15) is 9.59 Å². The quantitative estimate of drug-likeness (QED) is 0.761.